The third-order valence-electron chi connectivity index (χ3n) is 2.95. The number of hydrogen-bond acceptors (Lipinski definition) is 3. The quantitative estimate of drug-likeness (QED) is 0.311. The highest BCUT2D eigenvalue weighted by Crippen LogP contribution is 2.14. The van der Waals surface area contributed by atoms with Gasteiger partial charge in [-0.15, -0.1) is 24.0 Å². The molecule has 1 N–H and O–H groups in total. The van der Waals surface area contributed by atoms with Crippen LogP contribution in [0.2, 0.25) is 5.02 Å². The van der Waals surface area contributed by atoms with Crippen molar-refractivity contribution in [2.75, 3.05) is 20.1 Å². The van der Waals surface area contributed by atoms with E-state index >= 15 is 0 Å². The average molecular weight is 471 g/mol. The molecular weight excluding hydrogens is 443 g/mol. The Balaban J connectivity index is 0.00000529. The van der Waals surface area contributed by atoms with Crippen LogP contribution in [-0.2, 0) is 23.1 Å². The topological polar surface area (TPSA) is 58.9 Å². The van der Waals surface area contributed by atoms with Gasteiger partial charge in [0.2, 0.25) is 0 Å². The number of halogens is 2. The first-order valence-electron chi connectivity index (χ1n) is 7.64. The molecule has 0 fully saturated rings. The molecule has 0 aromatic carbocycles. The van der Waals surface area contributed by atoms with Crippen molar-refractivity contribution in [1.29, 1.82) is 0 Å². The summed E-state index contributed by atoms with van der Waals surface area (Å²) < 4.78 is 7.24. The highest BCUT2D eigenvalue weighted by Gasteiger charge is 2.16. The van der Waals surface area contributed by atoms with Crippen LogP contribution in [0.25, 0.3) is 0 Å². The van der Waals surface area contributed by atoms with Crippen LogP contribution in [0, 0.1) is 0 Å². The number of aliphatic imine (C=N–C) groups is 1. The zero-order valence-electron chi connectivity index (χ0n) is 15.2. The van der Waals surface area contributed by atoms with Crippen LogP contribution in [0.3, 0.4) is 0 Å². The summed E-state index contributed by atoms with van der Waals surface area (Å²) in [5.74, 6) is 0.305. The number of carbonyl (C=O) groups is 1. The number of nitrogens with zero attached hydrogens (tertiary/aromatic N) is 3. The smallest absolute Gasteiger partial charge is 0.328 e. The normalized spacial score (nSPS) is 11.7. The Morgan fingerprint density at radius 1 is 1.46 bits per heavy atom. The van der Waals surface area contributed by atoms with Crippen LogP contribution in [0.5, 0.6) is 0 Å². The maximum absolute atomic E-state index is 11.8. The van der Waals surface area contributed by atoms with Gasteiger partial charge in [0.05, 0.1) is 11.6 Å². The fourth-order valence-corrected chi connectivity index (χ4v) is 2.30. The van der Waals surface area contributed by atoms with Gasteiger partial charge in [-0.25, -0.2) is 4.99 Å². The van der Waals surface area contributed by atoms with E-state index < -0.39 is 5.60 Å². The molecule has 0 unspecified atom stereocenters. The van der Waals surface area contributed by atoms with E-state index in [-0.39, 0.29) is 36.5 Å². The zero-order chi connectivity index (χ0) is 17.6. The number of aryl methyl sites for hydroxylation is 1. The summed E-state index contributed by atoms with van der Waals surface area (Å²) in [4.78, 5) is 18.1. The van der Waals surface area contributed by atoms with E-state index in [1.54, 1.807) is 0 Å². The van der Waals surface area contributed by atoms with Crippen LogP contribution in [0.15, 0.2) is 17.3 Å². The molecule has 0 amide bonds. The molecule has 24 heavy (non-hydrogen) atoms. The van der Waals surface area contributed by atoms with E-state index in [0.717, 1.165) is 5.69 Å². The Kier molecular flexibility index (Phi) is 9.72. The fourth-order valence-electron chi connectivity index (χ4n) is 2.02. The van der Waals surface area contributed by atoms with Crippen molar-refractivity contribution in [3.63, 3.8) is 0 Å². The lowest BCUT2D eigenvalue weighted by Gasteiger charge is -2.23. The molecule has 0 aliphatic carbocycles. The standard InChI is InChI=1S/C16H27ClN4O2.HI/c1-7-18-15(19-9-14(22)23-16(2,3)4)21(6)11-13-8-12(17)10-20(13)5;/h8,10H,7,9,11H2,1-6H3,(H,18,19);1H. The van der Waals surface area contributed by atoms with Gasteiger partial charge in [-0.05, 0) is 33.8 Å². The summed E-state index contributed by atoms with van der Waals surface area (Å²) in [6, 6.07) is 1.91. The second-order valence-corrected chi connectivity index (χ2v) is 6.81. The monoisotopic (exact) mass is 470 g/mol. The van der Waals surface area contributed by atoms with Crippen molar-refractivity contribution < 1.29 is 9.53 Å². The van der Waals surface area contributed by atoms with Crippen molar-refractivity contribution >= 4 is 47.5 Å². The fraction of sp³-hybridized carbons (Fsp3) is 0.625. The second-order valence-electron chi connectivity index (χ2n) is 6.37. The molecule has 0 saturated carbocycles. The lowest BCUT2D eigenvalue weighted by atomic mass is 10.2. The minimum absolute atomic E-state index is 0. The number of ether oxygens (including phenoxy) is 1. The molecular formula is C16H28ClIN4O2. The largest absolute Gasteiger partial charge is 0.459 e. The molecule has 1 aromatic rings. The Hall–Kier alpha value is -0.960. The number of aromatic nitrogens is 1. The van der Waals surface area contributed by atoms with Gasteiger partial charge in [0.15, 0.2) is 5.96 Å². The molecule has 8 heteroatoms. The second kappa shape index (κ2) is 10.1. The first-order chi connectivity index (χ1) is 10.6. The van der Waals surface area contributed by atoms with Crippen molar-refractivity contribution in [2.24, 2.45) is 12.0 Å². The van der Waals surface area contributed by atoms with Gasteiger partial charge < -0.3 is 19.5 Å². The van der Waals surface area contributed by atoms with Gasteiger partial charge in [-0.2, -0.15) is 0 Å². The maximum Gasteiger partial charge on any atom is 0.328 e. The number of nitrogens with one attached hydrogen (secondary N) is 1. The summed E-state index contributed by atoms with van der Waals surface area (Å²) in [6.45, 7) is 8.82. The molecule has 1 rings (SSSR count). The third kappa shape index (κ3) is 8.23. The molecule has 1 heterocycles. The number of esters is 1. The van der Waals surface area contributed by atoms with Gasteiger partial charge in [0.25, 0.3) is 0 Å². The Labute approximate surface area is 166 Å². The first kappa shape index (κ1) is 23.0. The Morgan fingerprint density at radius 2 is 2.08 bits per heavy atom. The minimum Gasteiger partial charge on any atom is -0.459 e. The van der Waals surface area contributed by atoms with E-state index in [2.05, 4.69) is 10.3 Å². The summed E-state index contributed by atoms with van der Waals surface area (Å²) in [7, 11) is 3.86. The van der Waals surface area contributed by atoms with Gasteiger partial charge in [-0.3, -0.25) is 4.79 Å². The van der Waals surface area contributed by atoms with Crippen molar-refractivity contribution in [2.45, 2.75) is 39.8 Å². The van der Waals surface area contributed by atoms with Crippen molar-refractivity contribution in [1.82, 2.24) is 14.8 Å². The lowest BCUT2D eigenvalue weighted by molar-refractivity contribution is -0.152. The van der Waals surface area contributed by atoms with Crippen LogP contribution in [0.1, 0.15) is 33.4 Å². The molecule has 138 valence electrons. The molecule has 0 bridgehead atoms. The highest BCUT2D eigenvalue weighted by atomic mass is 127. The number of guanidine groups is 1. The molecule has 6 nitrogen and oxygen atoms in total. The van der Waals surface area contributed by atoms with Crippen LogP contribution in [-0.4, -0.2) is 47.1 Å². The van der Waals surface area contributed by atoms with Gasteiger partial charge in [-0.1, -0.05) is 11.6 Å². The molecule has 0 atom stereocenters. The lowest BCUT2D eigenvalue weighted by Crippen LogP contribution is -2.39. The molecule has 0 aliphatic heterocycles. The van der Waals surface area contributed by atoms with Crippen molar-refractivity contribution in [3.05, 3.63) is 23.0 Å². The van der Waals surface area contributed by atoms with Crippen LogP contribution >= 0.6 is 35.6 Å². The number of carbonyl (C=O) groups excluding carboxylic acids is 1. The molecule has 0 aliphatic rings. The molecule has 0 saturated heterocycles. The third-order valence-corrected chi connectivity index (χ3v) is 3.15. The van der Waals surface area contributed by atoms with E-state index in [9.17, 15) is 4.79 Å². The van der Waals surface area contributed by atoms with Crippen LogP contribution < -0.4 is 5.32 Å². The summed E-state index contributed by atoms with van der Waals surface area (Å²) >= 11 is 6.01. The van der Waals surface area contributed by atoms with E-state index in [1.165, 1.54) is 0 Å². The average Bonchev–Trinajstić information content (AvgIpc) is 2.70. The number of rotatable bonds is 5. The highest BCUT2D eigenvalue weighted by molar-refractivity contribution is 14.0. The van der Waals surface area contributed by atoms with E-state index in [4.69, 9.17) is 16.3 Å². The predicted molar refractivity (Wildman–Crippen MR) is 109 cm³/mol. The maximum atomic E-state index is 11.8. The summed E-state index contributed by atoms with van der Waals surface area (Å²) in [5.41, 5.74) is 0.553. The number of hydrogen-bond donors (Lipinski definition) is 1. The Bertz CT molecular complexity index is 567. The molecule has 0 spiro atoms. The first-order valence-corrected chi connectivity index (χ1v) is 8.02. The van der Waals surface area contributed by atoms with E-state index in [0.29, 0.717) is 24.1 Å². The predicted octanol–water partition coefficient (Wildman–Crippen LogP) is 3.04. The van der Waals surface area contributed by atoms with Crippen molar-refractivity contribution in [3.8, 4) is 0 Å². The van der Waals surface area contributed by atoms with Gasteiger partial charge in [0.1, 0.15) is 12.1 Å². The summed E-state index contributed by atoms with van der Waals surface area (Å²) in [6.07, 6.45) is 1.86. The minimum atomic E-state index is -0.503. The molecule has 1 aromatic heterocycles. The van der Waals surface area contributed by atoms with Gasteiger partial charge in [0, 0.05) is 32.5 Å². The summed E-state index contributed by atoms with van der Waals surface area (Å²) in [5, 5.41) is 3.87. The molecule has 0 radical (unpaired) electrons. The van der Waals surface area contributed by atoms with E-state index in [1.807, 2.05) is 63.5 Å². The zero-order valence-corrected chi connectivity index (χ0v) is 18.3. The Morgan fingerprint density at radius 3 is 2.54 bits per heavy atom. The van der Waals surface area contributed by atoms with Crippen LogP contribution in [0.4, 0.5) is 0 Å². The SMILES string of the molecule is CCNC(=NCC(=O)OC(C)(C)C)N(C)Cc1cc(Cl)cn1C.I. The van der Waals surface area contributed by atoms with Gasteiger partial charge >= 0.3 is 5.97 Å².